The van der Waals surface area contributed by atoms with Crippen LogP contribution in [0.15, 0.2) is 12.1 Å². The normalized spacial score (nSPS) is 16.6. The zero-order valence-electron chi connectivity index (χ0n) is 14.0. The third-order valence-corrected chi connectivity index (χ3v) is 5.72. The number of amides is 2. The monoisotopic (exact) mass is 427 g/mol. The molecule has 2 amide bonds. The van der Waals surface area contributed by atoms with E-state index in [1.165, 1.54) is 11.3 Å². The first-order valence-corrected chi connectivity index (χ1v) is 9.75. The van der Waals surface area contributed by atoms with E-state index in [1.54, 1.807) is 12.1 Å². The minimum atomic E-state index is -0.389. The Labute approximate surface area is 168 Å². The molecule has 0 aliphatic carbocycles. The van der Waals surface area contributed by atoms with Crippen LogP contribution in [0.3, 0.4) is 0 Å². The number of halogens is 2. The van der Waals surface area contributed by atoms with Gasteiger partial charge in [0, 0.05) is 13.1 Å². The van der Waals surface area contributed by atoms with Crippen LogP contribution in [0.1, 0.15) is 10.5 Å². The van der Waals surface area contributed by atoms with Crippen molar-refractivity contribution in [2.24, 2.45) is 0 Å². The maximum atomic E-state index is 12.5. The average Bonchev–Trinajstić information content (AvgIpc) is 2.97. The van der Waals surface area contributed by atoms with E-state index in [9.17, 15) is 9.59 Å². The van der Waals surface area contributed by atoms with E-state index in [1.807, 2.05) is 4.90 Å². The smallest absolute Gasteiger partial charge is 0.277 e. The fourth-order valence-corrected chi connectivity index (χ4v) is 4.01. The largest absolute Gasteiger partial charge is 0.379 e. The van der Waals surface area contributed by atoms with Crippen molar-refractivity contribution in [1.29, 1.82) is 0 Å². The van der Waals surface area contributed by atoms with Gasteiger partial charge in [-0.25, -0.2) is 4.98 Å². The molecule has 142 valence electrons. The Morgan fingerprint density at radius 1 is 1.22 bits per heavy atom. The molecule has 1 aromatic heterocycles. The summed E-state index contributed by atoms with van der Waals surface area (Å²) in [4.78, 5) is 31.0. The molecule has 2 aromatic rings. The third kappa shape index (κ3) is 4.02. The van der Waals surface area contributed by atoms with Crippen LogP contribution in [0.5, 0.6) is 0 Å². The zero-order chi connectivity index (χ0) is 19.0. The van der Waals surface area contributed by atoms with Gasteiger partial charge < -0.3 is 20.7 Å². The summed E-state index contributed by atoms with van der Waals surface area (Å²) in [6, 6.07) is 3.21. The highest BCUT2D eigenvalue weighted by molar-refractivity contribution is 7.20. The van der Waals surface area contributed by atoms with Gasteiger partial charge in [0.2, 0.25) is 5.91 Å². The molecule has 1 fully saturated rings. The molecule has 2 aliphatic rings. The number of rotatable bonds is 3. The fraction of sp³-hybridized carbons (Fsp3) is 0.312. The van der Waals surface area contributed by atoms with E-state index in [4.69, 9.17) is 27.9 Å². The fourth-order valence-electron chi connectivity index (χ4n) is 2.79. The maximum Gasteiger partial charge on any atom is 0.277 e. The van der Waals surface area contributed by atoms with Crippen LogP contribution in [0.4, 0.5) is 21.5 Å². The molecule has 0 atom stereocenters. The summed E-state index contributed by atoms with van der Waals surface area (Å²) in [6.07, 6.45) is 0. The molecule has 27 heavy (non-hydrogen) atoms. The van der Waals surface area contributed by atoms with Crippen molar-refractivity contribution in [1.82, 2.24) is 9.88 Å². The summed E-state index contributed by atoms with van der Waals surface area (Å²) in [5.41, 5.74) is 1.31. The van der Waals surface area contributed by atoms with Crippen molar-refractivity contribution in [3.8, 4) is 0 Å². The van der Waals surface area contributed by atoms with Gasteiger partial charge in [-0.05, 0) is 12.1 Å². The van der Waals surface area contributed by atoms with E-state index in [0.717, 1.165) is 0 Å². The summed E-state index contributed by atoms with van der Waals surface area (Å²) in [6.45, 7) is 2.92. The standard InChI is InChI=1S/C16H15Cl2N5O3S/c17-8-5-10-11(6-9(8)18)20-15-13(14(25)19-10)22-16(27-15)21-12(24)7-23-1-3-26-4-2-23/h5-6,20H,1-4,7H2,(H,19,25)(H,21,22,24). The molecule has 1 saturated heterocycles. The second kappa shape index (κ2) is 7.61. The lowest BCUT2D eigenvalue weighted by Gasteiger charge is -2.25. The van der Waals surface area contributed by atoms with Crippen LogP contribution in [0, 0.1) is 0 Å². The number of carbonyl (C=O) groups excluding carboxylic acids is 2. The van der Waals surface area contributed by atoms with E-state index in [2.05, 4.69) is 20.9 Å². The Kier molecular flexibility index (Phi) is 5.20. The highest BCUT2D eigenvalue weighted by atomic mass is 35.5. The number of benzene rings is 1. The minimum Gasteiger partial charge on any atom is -0.379 e. The molecular formula is C16H15Cl2N5O3S. The zero-order valence-corrected chi connectivity index (χ0v) is 16.3. The highest BCUT2D eigenvalue weighted by Crippen LogP contribution is 2.40. The molecule has 3 heterocycles. The summed E-state index contributed by atoms with van der Waals surface area (Å²) >= 11 is 13.3. The number of nitrogens with one attached hydrogen (secondary N) is 3. The Morgan fingerprint density at radius 3 is 2.59 bits per heavy atom. The molecule has 2 aliphatic heterocycles. The average molecular weight is 428 g/mol. The number of thiazole rings is 1. The Balaban J connectivity index is 1.51. The van der Waals surface area contributed by atoms with Crippen molar-refractivity contribution in [2.75, 3.05) is 48.8 Å². The van der Waals surface area contributed by atoms with Gasteiger partial charge >= 0.3 is 0 Å². The molecule has 0 saturated carbocycles. The summed E-state index contributed by atoms with van der Waals surface area (Å²) in [7, 11) is 0. The number of fused-ring (bicyclic) bond motifs is 2. The molecular weight excluding hydrogens is 413 g/mol. The molecule has 0 spiro atoms. The number of carbonyl (C=O) groups is 2. The van der Waals surface area contributed by atoms with Crippen molar-refractivity contribution >= 4 is 67.9 Å². The molecule has 3 N–H and O–H groups in total. The third-order valence-electron chi connectivity index (χ3n) is 4.12. The number of ether oxygens (including phenoxy) is 1. The molecule has 11 heteroatoms. The molecule has 8 nitrogen and oxygen atoms in total. The van der Waals surface area contributed by atoms with Crippen molar-refractivity contribution in [3.63, 3.8) is 0 Å². The maximum absolute atomic E-state index is 12.5. The second-order valence-electron chi connectivity index (χ2n) is 6.02. The van der Waals surface area contributed by atoms with Crippen LogP contribution in [0.25, 0.3) is 0 Å². The number of hydrogen-bond donors (Lipinski definition) is 3. The van der Waals surface area contributed by atoms with E-state index < -0.39 is 0 Å². The number of morpholine rings is 1. The van der Waals surface area contributed by atoms with Gasteiger partial charge in [-0.3, -0.25) is 14.5 Å². The van der Waals surface area contributed by atoms with Crippen LogP contribution in [-0.2, 0) is 9.53 Å². The van der Waals surface area contributed by atoms with Gasteiger partial charge in [0.05, 0.1) is 41.2 Å². The SMILES string of the molecule is O=C(CN1CCOCC1)Nc1nc2c(s1)Nc1cc(Cl)c(Cl)cc1NC2=O. The van der Waals surface area contributed by atoms with Gasteiger partial charge in [-0.1, -0.05) is 34.5 Å². The predicted octanol–water partition coefficient (Wildman–Crippen LogP) is 3.03. The van der Waals surface area contributed by atoms with Crippen molar-refractivity contribution in [3.05, 3.63) is 27.9 Å². The van der Waals surface area contributed by atoms with Crippen molar-refractivity contribution < 1.29 is 14.3 Å². The Hall–Kier alpha value is -1.91. The summed E-state index contributed by atoms with van der Waals surface area (Å²) in [5, 5.41) is 10.2. The lowest BCUT2D eigenvalue weighted by Crippen LogP contribution is -2.41. The van der Waals surface area contributed by atoms with Gasteiger partial charge in [0.25, 0.3) is 5.91 Å². The first-order chi connectivity index (χ1) is 13.0. The Morgan fingerprint density at radius 2 is 1.89 bits per heavy atom. The summed E-state index contributed by atoms with van der Waals surface area (Å²) in [5.74, 6) is -0.573. The van der Waals surface area contributed by atoms with Gasteiger partial charge in [-0.15, -0.1) is 0 Å². The van der Waals surface area contributed by atoms with Crippen LogP contribution >= 0.6 is 34.5 Å². The molecule has 1 aromatic carbocycles. The summed E-state index contributed by atoms with van der Waals surface area (Å²) < 4.78 is 5.27. The molecule has 4 rings (SSSR count). The lowest BCUT2D eigenvalue weighted by molar-refractivity contribution is -0.118. The van der Waals surface area contributed by atoms with Crippen LogP contribution in [0.2, 0.25) is 10.0 Å². The van der Waals surface area contributed by atoms with E-state index in [0.29, 0.717) is 57.9 Å². The van der Waals surface area contributed by atoms with Crippen molar-refractivity contribution in [2.45, 2.75) is 0 Å². The molecule has 0 bridgehead atoms. The van der Waals surface area contributed by atoms with Crippen LogP contribution < -0.4 is 16.0 Å². The first-order valence-electron chi connectivity index (χ1n) is 8.18. The molecule has 0 radical (unpaired) electrons. The minimum absolute atomic E-state index is 0.184. The second-order valence-corrected chi connectivity index (χ2v) is 7.84. The van der Waals surface area contributed by atoms with Crippen LogP contribution in [-0.4, -0.2) is 54.5 Å². The quantitative estimate of drug-likeness (QED) is 0.696. The van der Waals surface area contributed by atoms with Gasteiger partial charge in [0.15, 0.2) is 10.8 Å². The number of aromatic nitrogens is 1. The topological polar surface area (TPSA) is 95.6 Å². The van der Waals surface area contributed by atoms with Gasteiger partial charge in [0.1, 0.15) is 5.00 Å². The number of hydrogen-bond acceptors (Lipinski definition) is 7. The lowest BCUT2D eigenvalue weighted by atomic mass is 10.2. The highest BCUT2D eigenvalue weighted by Gasteiger charge is 2.25. The number of nitrogens with zero attached hydrogens (tertiary/aromatic N) is 2. The van der Waals surface area contributed by atoms with Gasteiger partial charge in [-0.2, -0.15) is 0 Å². The predicted molar refractivity (Wildman–Crippen MR) is 106 cm³/mol. The van der Waals surface area contributed by atoms with E-state index >= 15 is 0 Å². The Bertz CT molecular complexity index is 914. The first kappa shape index (κ1) is 18.5. The molecule has 0 unspecified atom stereocenters. The number of anilines is 4. The van der Waals surface area contributed by atoms with E-state index in [-0.39, 0.29) is 24.1 Å².